The molecule has 1 heterocycles. The number of rotatable bonds is 7. The number of fused-ring (bicyclic) bond motifs is 1. The second kappa shape index (κ2) is 7.58. The summed E-state index contributed by atoms with van der Waals surface area (Å²) < 4.78 is 4.88. The summed E-state index contributed by atoms with van der Waals surface area (Å²) in [7, 11) is 0. The molecule has 0 saturated carbocycles. The minimum atomic E-state index is -0.916. The summed E-state index contributed by atoms with van der Waals surface area (Å²) in [6.45, 7) is 2.12. The average Bonchev–Trinajstić information content (AvgIpc) is 2.52. The predicted molar refractivity (Wildman–Crippen MR) is 84.3 cm³/mol. The lowest BCUT2D eigenvalue weighted by Crippen LogP contribution is -2.06. The van der Waals surface area contributed by atoms with E-state index in [1.165, 1.54) is 6.07 Å². The lowest BCUT2D eigenvalue weighted by atomic mass is 10.0. The predicted octanol–water partition coefficient (Wildman–Crippen LogP) is 2.45. The number of nitrogens with zero attached hydrogens (tertiary/aromatic N) is 1. The molecule has 0 aliphatic carbocycles. The number of aryl methyl sites for hydroxylation is 2. The van der Waals surface area contributed by atoms with Crippen molar-refractivity contribution in [3.63, 3.8) is 0 Å². The minimum absolute atomic E-state index is 0.0583. The zero-order valence-electron chi connectivity index (χ0n) is 12.9. The Bertz CT molecular complexity index is 726. The summed E-state index contributed by atoms with van der Waals surface area (Å²) in [6, 6.07) is 6.79. The molecule has 2 N–H and O–H groups in total. The summed E-state index contributed by atoms with van der Waals surface area (Å²) in [4.78, 5) is 26.6. The summed E-state index contributed by atoms with van der Waals surface area (Å²) in [6.07, 6.45) is 0.913. The van der Waals surface area contributed by atoms with Crippen LogP contribution in [0.1, 0.15) is 31.0 Å². The molecule has 122 valence electrons. The normalized spacial score (nSPS) is 10.7. The second-order valence-corrected chi connectivity index (χ2v) is 5.13. The van der Waals surface area contributed by atoms with Crippen LogP contribution in [0, 0.1) is 0 Å². The lowest BCUT2D eigenvalue weighted by Gasteiger charge is -2.09. The van der Waals surface area contributed by atoms with Crippen molar-refractivity contribution in [1.82, 2.24) is 4.98 Å². The second-order valence-electron chi connectivity index (χ2n) is 5.13. The molecular weight excluding hydrogens is 298 g/mol. The number of hydrogen-bond donors (Lipinski definition) is 2. The molecule has 0 bridgehead atoms. The molecule has 0 amide bonds. The zero-order chi connectivity index (χ0) is 16.8. The van der Waals surface area contributed by atoms with Gasteiger partial charge in [0, 0.05) is 29.5 Å². The Morgan fingerprint density at radius 2 is 1.91 bits per heavy atom. The van der Waals surface area contributed by atoms with Gasteiger partial charge in [-0.3, -0.25) is 14.6 Å². The van der Waals surface area contributed by atoms with Gasteiger partial charge in [0.2, 0.25) is 0 Å². The molecule has 6 nitrogen and oxygen atoms in total. The smallest absolute Gasteiger partial charge is 0.306 e. The Morgan fingerprint density at radius 1 is 1.13 bits per heavy atom. The van der Waals surface area contributed by atoms with Gasteiger partial charge in [-0.15, -0.1) is 0 Å². The van der Waals surface area contributed by atoms with Crippen molar-refractivity contribution in [2.24, 2.45) is 0 Å². The van der Waals surface area contributed by atoms with E-state index in [2.05, 4.69) is 4.98 Å². The fourth-order valence-corrected chi connectivity index (χ4v) is 2.39. The van der Waals surface area contributed by atoms with Crippen LogP contribution in [0.15, 0.2) is 24.3 Å². The highest BCUT2D eigenvalue weighted by Crippen LogP contribution is 2.27. The number of carbonyl (C=O) groups is 2. The van der Waals surface area contributed by atoms with Gasteiger partial charge in [0.1, 0.15) is 5.75 Å². The van der Waals surface area contributed by atoms with Crippen LogP contribution in [-0.4, -0.2) is 33.7 Å². The number of phenolic OH excluding ortho intramolecular Hbond substituents is 1. The molecule has 2 rings (SSSR count). The van der Waals surface area contributed by atoms with Crippen LogP contribution >= 0.6 is 0 Å². The average molecular weight is 317 g/mol. The van der Waals surface area contributed by atoms with Crippen LogP contribution < -0.4 is 0 Å². The van der Waals surface area contributed by atoms with Crippen molar-refractivity contribution in [3.05, 3.63) is 35.5 Å². The van der Waals surface area contributed by atoms with E-state index in [9.17, 15) is 14.7 Å². The monoisotopic (exact) mass is 317 g/mol. The van der Waals surface area contributed by atoms with Gasteiger partial charge in [-0.2, -0.15) is 0 Å². The standard InChI is InChI=1S/C17H19NO5/c1-2-23-17(22)10-4-11-3-5-12-13(6-9-16(20)21)15(19)8-7-14(12)18-11/h3,5,7-8,19H,2,4,6,9-10H2,1H3,(H,20,21). The highest BCUT2D eigenvalue weighted by Gasteiger charge is 2.11. The first-order valence-corrected chi connectivity index (χ1v) is 7.49. The fraction of sp³-hybridized carbons (Fsp3) is 0.353. The quantitative estimate of drug-likeness (QED) is 0.761. The van der Waals surface area contributed by atoms with E-state index in [-0.39, 0.29) is 31.0 Å². The van der Waals surface area contributed by atoms with Crippen molar-refractivity contribution in [3.8, 4) is 5.75 Å². The van der Waals surface area contributed by atoms with Gasteiger partial charge >= 0.3 is 11.9 Å². The number of carbonyl (C=O) groups excluding carboxylic acids is 1. The number of hydrogen-bond acceptors (Lipinski definition) is 5. The first-order chi connectivity index (χ1) is 11.0. The topological polar surface area (TPSA) is 96.7 Å². The van der Waals surface area contributed by atoms with Gasteiger partial charge in [-0.1, -0.05) is 6.07 Å². The third-order valence-corrected chi connectivity index (χ3v) is 3.50. The first-order valence-electron chi connectivity index (χ1n) is 7.49. The molecule has 6 heteroatoms. The minimum Gasteiger partial charge on any atom is -0.508 e. The number of aliphatic carboxylic acids is 1. The highest BCUT2D eigenvalue weighted by molar-refractivity contribution is 5.85. The van der Waals surface area contributed by atoms with Crippen LogP contribution in [0.3, 0.4) is 0 Å². The Balaban J connectivity index is 2.21. The molecule has 0 saturated heterocycles. The van der Waals surface area contributed by atoms with Crippen molar-refractivity contribution in [2.45, 2.75) is 32.6 Å². The largest absolute Gasteiger partial charge is 0.508 e. The van der Waals surface area contributed by atoms with Gasteiger partial charge < -0.3 is 14.9 Å². The number of ether oxygens (including phenoxy) is 1. The van der Waals surface area contributed by atoms with Crippen molar-refractivity contribution >= 4 is 22.8 Å². The summed E-state index contributed by atoms with van der Waals surface area (Å²) in [5.41, 5.74) is 2.00. The number of carboxylic acids is 1. The molecule has 1 aromatic carbocycles. The number of benzene rings is 1. The van der Waals surface area contributed by atoms with E-state index < -0.39 is 5.97 Å². The molecular formula is C17H19NO5. The maximum atomic E-state index is 11.4. The number of carboxylic acid groups (broad SMARTS) is 1. The van der Waals surface area contributed by atoms with Gasteiger partial charge in [-0.05, 0) is 31.5 Å². The third kappa shape index (κ3) is 4.42. The summed E-state index contributed by atoms with van der Waals surface area (Å²) >= 11 is 0. The van der Waals surface area contributed by atoms with Crippen molar-refractivity contribution < 1.29 is 24.5 Å². The van der Waals surface area contributed by atoms with Crippen LogP contribution in [-0.2, 0) is 27.2 Å². The Kier molecular flexibility index (Phi) is 5.51. The SMILES string of the molecule is CCOC(=O)CCc1ccc2c(CCC(=O)O)c(O)ccc2n1. The van der Waals surface area contributed by atoms with E-state index in [4.69, 9.17) is 9.84 Å². The van der Waals surface area contributed by atoms with Gasteiger partial charge in [0.25, 0.3) is 0 Å². The molecule has 0 fully saturated rings. The first kappa shape index (κ1) is 16.7. The maximum Gasteiger partial charge on any atom is 0.306 e. The maximum absolute atomic E-state index is 11.4. The third-order valence-electron chi connectivity index (χ3n) is 3.50. The molecule has 23 heavy (non-hydrogen) atoms. The van der Waals surface area contributed by atoms with E-state index in [1.807, 2.05) is 0 Å². The number of esters is 1. The highest BCUT2D eigenvalue weighted by atomic mass is 16.5. The van der Waals surface area contributed by atoms with E-state index in [0.717, 1.165) is 11.1 Å². The Morgan fingerprint density at radius 3 is 2.61 bits per heavy atom. The zero-order valence-corrected chi connectivity index (χ0v) is 12.9. The molecule has 0 radical (unpaired) electrons. The molecule has 1 aromatic heterocycles. The Labute approximate surface area is 133 Å². The molecule has 2 aromatic rings. The number of pyridine rings is 1. The molecule has 0 atom stereocenters. The van der Waals surface area contributed by atoms with E-state index in [0.29, 0.717) is 24.1 Å². The molecule has 0 aliphatic heterocycles. The molecule has 0 unspecified atom stereocenters. The number of aromatic nitrogens is 1. The van der Waals surface area contributed by atoms with Gasteiger partial charge in [0.15, 0.2) is 0 Å². The van der Waals surface area contributed by atoms with Crippen LogP contribution in [0.2, 0.25) is 0 Å². The summed E-state index contributed by atoms with van der Waals surface area (Å²) in [5, 5.41) is 19.5. The van der Waals surface area contributed by atoms with Gasteiger partial charge in [-0.25, -0.2) is 0 Å². The van der Waals surface area contributed by atoms with Crippen molar-refractivity contribution in [1.29, 1.82) is 0 Å². The molecule has 0 aliphatic rings. The van der Waals surface area contributed by atoms with E-state index >= 15 is 0 Å². The molecule has 0 spiro atoms. The lowest BCUT2D eigenvalue weighted by molar-refractivity contribution is -0.143. The summed E-state index contributed by atoms with van der Waals surface area (Å²) in [5.74, 6) is -1.11. The van der Waals surface area contributed by atoms with Gasteiger partial charge in [0.05, 0.1) is 18.5 Å². The Hall–Kier alpha value is -2.63. The number of aromatic hydroxyl groups is 1. The van der Waals surface area contributed by atoms with Crippen molar-refractivity contribution in [2.75, 3.05) is 6.61 Å². The van der Waals surface area contributed by atoms with Crippen LogP contribution in [0.25, 0.3) is 10.9 Å². The number of phenols is 1. The van der Waals surface area contributed by atoms with Crippen LogP contribution in [0.5, 0.6) is 5.75 Å². The fourth-order valence-electron chi connectivity index (χ4n) is 2.39. The van der Waals surface area contributed by atoms with E-state index in [1.54, 1.807) is 25.1 Å². The van der Waals surface area contributed by atoms with Crippen LogP contribution in [0.4, 0.5) is 0 Å².